The molecule has 2 aliphatic rings. The molecule has 0 unspecified atom stereocenters. The van der Waals surface area contributed by atoms with Gasteiger partial charge in [-0.2, -0.15) is 0 Å². The third-order valence-corrected chi connectivity index (χ3v) is 4.67. The van der Waals surface area contributed by atoms with Crippen LogP contribution < -0.4 is 5.32 Å². The number of piperidine rings is 1. The Morgan fingerprint density at radius 2 is 1.95 bits per heavy atom. The molecule has 2 fully saturated rings. The van der Waals surface area contributed by atoms with Crippen molar-refractivity contribution in [3.8, 4) is 0 Å². The molecule has 1 amide bonds. The zero-order valence-corrected chi connectivity index (χ0v) is 12.8. The van der Waals surface area contributed by atoms with Crippen molar-refractivity contribution >= 4 is 17.5 Å². The first-order valence-corrected chi connectivity index (χ1v) is 8.00. The number of amides is 1. The smallest absolute Gasteiger partial charge is 0.253 e. The number of nitrogens with zero attached hydrogens (tertiary/aromatic N) is 1. The summed E-state index contributed by atoms with van der Waals surface area (Å²) in [4.78, 5) is 14.8. The fourth-order valence-electron chi connectivity index (χ4n) is 3.18. The first kappa shape index (κ1) is 14.8. The van der Waals surface area contributed by atoms with E-state index in [0.717, 1.165) is 13.1 Å². The van der Waals surface area contributed by atoms with Crippen LogP contribution in [-0.4, -0.2) is 49.2 Å². The number of carbonyl (C=O) groups is 1. The summed E-state index contributed by atoms with van der Waals surface area (Å²) in [5.41, 5.74) is 0.531. The summed E-state index contributed by atoms with van der Waals surface area (Å²) in [5.74, 6) is -0.113. The Kier molecular flexibility index (Phi) is 4.78. The third kappa shape index (κ3) is 3.39. The van der Waals surface area contributed by atoms with Crippen molar-refractivity contribution in [3.05, 3.63) is 34.9 Å². The highest BCUT2D eigenvalue weighted by Gasteiger charge is 2.34. The molecule has 0 saturated carbocycles. The van der Waals surface area contributed by atoms with Gasteiger partial charge in [-0.3, -0.25) is 9.69 Å². The van der Waals surface area contributed by atoms with Crippen LogP contribution in [0.25, 0.3) is 0 Å². The van der Waals surface area contributed by atoms with Gasteiger partial charge in [-0.25, -0.2) is 0 Å². The second-order valence-electron chi connectivity index (χ2n) is 5.76. The van der Waals surface area contributed by atoms with E-state index in [-0.39, 0.29) is 18.0 Å². The minimum Gasteiger partial charge on any atom is -0.378 e. The van der Waals surface area contributed by atoms with Crippen LogP contribution in [0.15, 0.2) is 24.3 Å². The van der Waals surface area contributed by atoms with Gasteiger partial charge >= 0.3 is 0 Å². The van der Waals surface area contributed by atoms with Crippen molar-refractivity contribution in [2.75, 3.05) is 26.3 Å². The molecule has 3 rings (SSSR count). The first-order chi connectivity index (χ1) is 10.3. The summed E-state index contributed by atoms with van der Waals surface area (Å²) < 4.78 is 5.60. The SMILES string of the molecule is O=C(N[C@@H]1COC[C@H]1N1CCCCC1)c1ccccc1Cl. The molecule has 1 aromatic carbocycles. The van der Waals surface area contributed by atoms with Crippen LogP contribution in [0.5, 0.6) is 0 Å². The molecule has 0 radical (unpaired) electrons. The molecule has 0 spiro atoms. The van der Waals surface area contributed by atoms with E-state index in [1.807, 2.05) is 12.1 Å². The van der Waals surface area contributed by atoms with Crippen LogP contribution in [0.4, 0.5) is 0 Å². The van der Waals surface area contributed by atoms with Crippen LogP contribution in [0, 0.1) is 0 Å². The fraction of sp³-hybridized carbons (Fsp3) is 0.562. The number of hydrogen-bond acceptors (Lipinski definition) is 3. The molecule has 2 saturated heterocycles. The van der Waals surface area contributed by atoms with E-state index in [1.54, 1.807) is 12.1 Å². The molecule has 5 heteroatoms. The normalized spacial score (nSPS) is 26.7. The molecule has 2 aliphatic heterocycles. The van der Waals surface area contributed by atoms with Crippen molar-refractivity contribution in [2.24, 2.45) is 0 Å². The van der Waals surface area contributed by atoms with E-state index < -0.39 is 0 Å². The summed E-state index contributed by atoms with van der Waals surface area (Å²) in [5, 5.41) is 3.58. The van der Waals surface area contributed by atoms with Gasteiger partial charge in [0.1, 0.15) is 0 Å². The lowest BCUT2D eigenvalue weighted by Crippen LogP contribution is -2.52. The van der Waals surface area contributed by atoms with E-state index in [1.165, 1.54) is 19.3 Å². The van der Waals surface area contributed by atoms with E-state index >= 15 is 0 Å². The third-order valence-electron chi connectivity index (χ3n) is 4.35. The van der Waals surface area contributed by atoms with Crippen LogP contribution in [0.3, 0.4) is 0 Å². The fourth-order valence-corrected chi connectivity index (χ4v) is 3.40. The Hall–Kier alpha value is -1.10. The van der Waals surface area contributed by atoms with E-state index in [0.29, 0.717) is 23.8 Å². The Bertz CT molecular complexity index is 503. The van der Waals surface area contributed by atoms with Crippen molar-refractivity contribution in [3.63, 3.8) is 0 Å². The van der Waals surface area contributed by atoms with Crippen molar-refractivity contribution in [1.29, 1.82) is 0 Å². The maximum absolute atomic E-state index is 12.4. The molecule has 114 valence electrons. The monoisotopic (exact) mass is 308 g/mol. The number of halogens is 1. The minimum absolute atomic E-state index is 0.0480. The summed E-state index contributed by atoms with van der Waals surface area (Å²) in [6, 6.07) is 7.48. The molecule has 2 atom stereocenters. The van der Waals surface area contributed by atoms with Crippen LogP contribution in [-0.2, 0) is 4.74 Å². The summed E-state index contributed by atoms with van der Waals surface area (Å²) in [6.45, 7) is 3.49. The number of hydrogen-bond donors (Lipinski definition) is 1. The Morgan fingerprint density at radius 3 is 2.71 bits per heavy atom. The Morgan fingerprint density at radius 1 is 1.19 bits per heavy atom. The molecule has 0 aromatic heterocycles. The maximum Gasteiger partial charge on any atom is 0.253 e. The molecule has 2 heterocycles. The van der Waals surface area contributed by atoms with Gasteiger partial charge in [0.05, 0.1) is 35.9 Å². The van der Waals surface area contributed by atoms with Gasteiger partial charge in [-0.1, -0.05) is 30.2 Å². The number of carbonyl (C=O) groups excluding carboxylic acids is 1. The largest absolute Gasteiger partial charge is 0.378 e. The average molecular weight is 309 g/mol. The van der Waals surface area contributed by atoms with Crippen LogP contribution in [0.1, 0.15) is 29.6 Å². The average Bonchev–Trinajstić information content (AvgIpc) is 2.96. The van der Waals surface area contributed by atoms with Gasteiger partial charge in [-0.15, -0.1) is 0 Å². The van der Waals surface area contributed by atoms with E-state index in [2.05, 4.69) is 10.2 Å². The summed E-state index contributed by atoms with van der Waals surface area (Å²) in [7, 11) is 0. The van der Waals surface area contributed by atoms with E-state index in [4.69, 9.17) is 16.3 Å². The second kappa shape index (κ2) is 6.77. The number of ether oxygens (including phenoxy) is 1. The first-order valence-electron chi connectivity index (χ1n) is 7.63. The molecular weight excluding hydrogens is 288 g/mol. The number of benzene rings is 1. The highest BCUT2D eigenvalue weighted by Crippen LogP contribution is 2.20. The maximum atomic E-state index is 12.4. The topological polar surface area (TPSA) is 41.6 Å². The van der Waals surface area contributed by atoms with Gasteiger partial charge in [0.2, 0.25) is 0 Å². The minimum atomic E-state index is -0.113. The number of likely N-dealkylation sites (tertiary alicyclic amines) is 1. The van der Waals surface area contributed by atoms with Gasteiger partial charge in [0.25, 0.3) is 5.91 Å². The highest BCUT2D eigenvalue weighted by atomic mass is 35.5. The zero-order chi connectivity index (χ0) is 14.7. The molecule has 0 bridgehead atoms. The van der Waals surface area contributed by atoms with Crippen LogP contribution in [0.2, 0.25) is 5.02 Å². The Balaban J connectivity index is 1.66. The second-order valence-corrected chi connectivity index (χ2v) is 6.17. The lowest BCUT2D eigenvalue weighted by molar-refractivity contribution is 0.0900. The molecule has 1 aromatic rings. The van der Waals surface area contributed by atoms with Gasteiger partial charge in [0.15, 0.2) is 0 Å². The van der Waals surface area contributed by atoms with Gasteiger partial charge < -0.3 is 10.1 Å². The van der Waals surface area contributed by atoms with E-state index in [9.17, 15) is 4.79 Å². The van der Waals surface area contributed by atoms with Gasteiger partial charge in [0, 0.05) is 0 Å². The predicted octanol–water partition coefficient (Wildman–Crippen LogP) is 2.32. The predicted molar refractivity (Wildman–Crippen MR) is 82.7 cm³/mol. The lowest BCUT2D eigenvalue weighted by Gasteiger charge is -2.34. The summed E-state index contributed by atoms with van der Waals surface area (Å²) >= 11 is 6.09. The quantitative estimate of drug-likeness (QED) is 0.932. The zero-order valence-electron chi connectivity index (χ0n) is 12.1. The lowest BCUT2D eigenvalue weighted by atomic mass is 10.0. The number of nitrogens with one attached hydrogen (secondary N) is 1. The molecule has 4 nitrogen and oxygen atoms in total. The standard InChI is InChI=1S/C16H21ClN2O2/c17-13-7-3-2-6-12(13)16(20)18-14-10-21-11-15(14)19-8-4-1-5-9-19/h2-3,6-7,14-15H,1,4-5,8-11H2,(H,18,20)/t14-,15-/m1/s1. The van der Waals surface area contributed by atoms with Crippen LogP contribution >= 0.6 is 11.6 Å². The van der Waals surface area contributed by atoms with Crippen molar-refractivity contribution in [2.45, 2.75) is 31.3 Å². The molecule has 21 heavy (non-hydrogen) atoms. The Labute approximate surface area is 130 Å². The van der Waals surface area contributed by atoms with Crippen molar-refractivity contribution < 1.29 is 9.53 Å². The highest BCUT2D eigenvalue weighted by molar-refractivity contribution is 6.33. The van der Waals surface area contributed by atoms with Crippen molar-refractivity contribution in [1.82, 2.24) is 10.2 Å². The molecular formula is C16H21ClN2O2. The number of rotatable bonds is 3. The molecule has 0 aliphatic carbocycles. The van der Waals surface area contributed by atoms with Gasteiger partial charge in [-0.05, 0) is 38.1 Å². The summed E-state index contributed by atoms with van der Waals surface area (Å²) in [6.07, 6.45) is 3.78. The molecule has 1 N–H and O–H groups in total.